The van der Waals surface area contributed by atoms with E-state index in [0.29, 0.717) is 0 Å². The lowest BCUT2D eigenvalue weighted by Gasteiger charge is -2.35. The Hall–Kier alpha value is -1.69. The largest absolute Gasteiger partial charge is 0.464 e. The lowest BCUT2D eigenvalue weighted by atomic mass is 10.2. The number of esters is 1. The minimum Gasteiger partial charge on any atom is -0.464 e. The molecule has 1 fully saturated rings. The van der Waals surface area contributed by atoms with Gasteiger partial charge in [0.15, 0.2) is 11.5 Å². The van der Waals surface area contributed by atoms with Crippen molar-refractivity contribution < 1.29 is 14.3 Å². The van der Waals surface area contributed by atoms with Crippen molar-refractivity contribution in [3.8, 4) is 0 Å². The summed E-state index contributed by atoms with van der Waals surface area (Å²) in [4.78, 5) is 13.4. The Kier molecular flexibility index (Phi) is 3.76. The van der Waals surface area contributed by atoms with Crippen LogP contribution in [0.4, 0.5) is 5.82 Å². The monoisotopic (exact) mass is 251 g/mol. The van der Waals surface area contributed by atoms with Crippen LogP contribution in [0.1, 0.15) is 24.3 Å². The van der Waals surface area contributed by atoms with E-state index in [2.05, 4.69) is 19.8 Å². The summed E-state index contributed by atoms with van der Waals surface area (Å²) < 4.78 is 10.2. The molecule has 2 atom stereocenters. The van der Waals surface area contributed by atoms with Crippen LogP contribution in [0.3, 0.4) is 0 Å². The van der Waals surface area contributed by atoms with Crippen LogP contribution < -0.4 is 4.90 Å². The smallest absolute Gasteiger partial charge is 0.358 e. The average molecular weight is 251 g/mol. The van der Waals surface area contributed by atoms with Crippen LogP contribution in [0.15, 0.2) is 12.1 Å². The second-order valence-corrected chi connectivity index (χ2v) is 4.43. The predicted molar refractivity (Wildman–Crippen MR) is 65.6 cm³/mol. The Morgan fingerprint density at radius 2 is 2.00 bits per heavy atom. The third kappa shape index (κ3) is 2.76. The fourth-order valence-electron chi connectivity index (χ4n) is 2.07. The maximum atomic E-state index is 11.2. The summed E-state index contributed by atoms with van der Waals surface area (Å²) in [5.74, 6) is 0.280. The van der Waals surface area contributed by atoms with Crippen LogP contribution in [-0.4, -0.2) is 48.6 Å². The number of hydrogen-bond acceptors (Lipinski definition) is 6. The zero-order valence-electron chi connectivity index (χ0n) is 10.8. The second-order valence-electron chi connectivity index (χ2n) is 4.43. The van der Waals surface area contributed by atoms with Crippen molar-refractivity contribution in [1.82, 2.24) is 10.2 Å². The number of methoxy groups -OCH3 is 1. The number of ether oxygens (including phenoxy) is 2. The van der Waals surface area contributed by atoms with Crippen LogP contribution in [0.5, 0.6) is 0 Å². The first-order valence-corrected chi connectivity index (χ1v) is 5.92. The van der Waals surface area contributed by atoms with Gasteiger partial charge in [0.2, 0.25) is 0 Å². The molecule has 2 heterocycles. The molecule has 0 aromatic carbocycles. The molecule has 0 amide bonds. The number of nitrogens with zero attached hydrogens (tertiary/aromatic N) is 3. The number of hydrogen-bond donors (Lipinski definition) is 0. The van der Waals surface area contributed by atoms with Gasteiger partial charge in [0, 0.05) is 13.1 Å². The zero-order chi connectivity index (χ0) is 13.1. The van der Waals surface area contributed by atoms with E-state index in [0.717, 1.165) is 18.9 Å². The molecule has 1 aromatic rings. The number of carbonyl (C=O) groups is 1. The van der Waals surface area contributed by atoms with Crippen molar-refractivity contribution in [2.75, 3.05) is 25.1 Å². The highest BCUT2D eigenvalue weighted by Crippen LogP contribution is 2.17. The number of anilines is 1. The topological polar surface area (TPSA) is 64.5 Å². The average Bonchev–Trinajstić information content (AvgIpc) is 2.37. The molecule has 1 saturated heterocycles. The summed E-state index contributed by atoms with van der Waals surface area (Å²) in [5.41, 5.74) is 0.218. The van der Waals surface area contributed by atoms with Gasteiger partial charge in [-0.2, -0.15) is 0 Å². The Morgan fingerprint density at radius 1 is 1.33 bits per heavy atom. The van der Waals surface area contributed by atoms with Crippen molar-refractivity contribution in [2.24, 2.45) is 0 Å². The normalized spacial score (nSPS) is 23.8. The number of aromatic nitrogens is 2. The van der Waals surface area contributed by atoms with Crippen LogP contribution in [-0.2, 0) is 9.47 Å². The standard InChI is InChI=1S/C12H17N3O3/c1-8-6-15(7-9(2)18-8)11-5-4-10(13-14-11)12(16)17-3/h4-5,8-9H,6-7H2,1-3H3/t8-,9+. The second kappa shape index (κ2) is 5.30. The first kappa shape index (κ1) is 12.8. The predicted octanol–water partition coefficient (Wildman–Crippen LogP) is 0.877. The van der Waals surface area contributed by atoms with Crippen molar-refractivity contribution in [3.63, 3.8) is 0 Å². The highest BCUT2D eigenvalue weighted by Gasteiger charge is 2.23. The molecule has 0 N–H and O–H groups in total. The van der Waals surface area contributed by atoms with E-state index in [1.54, 1.807) is 12.1 Å². The van der Waals surface area contributed by atoms with Gasteiger partial charge in [-0.3, -0.25) is 0 Å². The van der Waals surface area contributed by atoms with E-state index in [1.165, 1.54) is 7.11 Å². The molecule has 1 aliphatic heterocycles. The molecule has 0 bridgehead atoms. The van der Waals surface area contributed by atoms with Gasteiger partial charge in [-0.05, 0) is 26.0 Å². The molecule has 18 heavy (non-hydrogen) atoms. The van der Waals surface area contributed by atoms with Crippen molar-refractivity contribution >= 4 is 11.8 Å². The molecule has 0 radical (unpaired) electrons. The maximum absolute atomic E-state index is 11.2. The minimum absolute atomic E-state index is 0.163. The molecule has 1 aromatic heterocycles. The third-order valence-corrected chi connectivity index (χ3v) is 2.79. The summed E-state index contributed by atoms with van der Waals surface area (Å²) in [6, 6.07) is 3.41. The van der Waals surface area contributed by atoms with E-state index >= 15 is 0 Å². The van der Waals surface area contributed by atoms with Crippen LogP contribution in [0, 0.1) is 0 Å². The number of carbonyl (C=O) groups excluding carboxylic acids is 1. The number of morpholine rings is 1. The lowest BCUT2D eigenvalue weighted by Crippen LogP contribution is -2.45. The van der Waals surface area contributed by atoms with E-state index in [1.807, 2.05) is 13.8 Å². The van der Waals surface area contributed by atoms with Crippen LogP contribution in [0.25, 0.3) is 0 Å². The first-order valence-electron chi connectivity index (χ1n) is 5.92. The molecule has 0 saturated carbocycles. The molecule has 1 aliphatic rings. The molecule has 2 rings (SSSR count). The Labute approximate surface area is 106 Å². The van der Waals surface area contributed by atoms with Gasteiger partial charge < -0.3 is 14.4 Å². The summed E-state index contributed by atoms with van der Waals surface area (Å²) in [6.07, 6.45) is 0.326. The zero-order valence-corrected chi connectivity index (χ0v) is 10.8. The third-order valence-electron chi connectivity index (χ3n) is 2.79. The summed E-state index contributed by atoms with van der Waals surface area (Å²) in [7, 11) is 1.32. The van der Waals surface area contributed by atoms with Gasteiger partial charge in [-0.25, -0.2) is 4.79 Å². The first-order chi connectivity index (χ1) is 8.60. The van der Waals surface area contributed by atoms with Gasteiger partial charge in [-0.1, -0.05) is 0 Å². The van der Waals surface area contributed by atoms with Gasteiger partial charge in [0.05, 0.1) is 19.3 Å². The fourth-order valence-corrected chi connectivity index (χ4v) is 2.07. The van der Waals surface area contributed by atoms with Crippen molar-refractivity contribution in [3.05, 3.63) is 17.8 Å². The molecule has 6 heteroatoms. The van der Waals surface area contributed by atoms with Gasteiger partial charge in [-0.15, -0.1) is 10.2 Å². The Morgan fingerprint density at radius 3 is 2.50 bits per heavy atom. The van der Waals surface area contributed by atoms with E-state index < -0.39 is 5.97 Å². The highest BCUT2D eigenvalue weighted by atomic mass is 16.5. The molecule has 0 unspecified atom stereocenters. The highest BCUT2D eigenvalue weighted by molar-refractivity contribution is 5.86. The molecule has 98 valence electrons. The van der Waals surface area contributed by atoms with Gasteiger partial charge in [0.25, 0.3) is 0 Å². The van der Waals surface area contributed by atoms with Crippen LogP contribution in [0.2, 0.25) is 0 Å². The van der Waals surface area contributed by atoms with Crippen molar-refractivity contribution in [2.45, 2.75) is 26.1 Å². The van der Waals surface area contributed by atoms with Gasteiger partial charge in [0.1, 0.15) is 0 Å². The van der Waals surface area contributed by atoms with Crippen LogP contribution >= 0.6 is 0 Å². The fraction of sp³-hybridized carbons (Fsp3) is 0.583. The van der Waals surface area contributed by atoms with Gasteiger partial charge >= 0.3 is 5.97 Å². The van der Waals surface area contributed by atoms with E-state index in [4.69, 9.17) is 4.74 Å². The molecular weight excluding hydrogens is 234 g/mol. The quantitative estimate of drug-likeness (QED) is 0.727. The molecule has 0 aliphatic carbocycles. The molecule has 0 spiro atoms. The van der Waals surface area contributed by atoms with E-state index in [9.17, 15) is 4.79 Å². The maximum Gasteiger partial charge on any atom is 0.358 e. The SMILES string of the molecule is COC(=O)c1ccc(N2C[C@@H](C)O[C@@H](C)C2)nn1. The van der Waals surface area contributed by atoms with Crippen molar-refractivity contribution in [1.29, 1.82) is 0 Å². The minimum atomic E-state index is -0.474. The Bertz CT molecular complexity index is 411. The molecule has 6 nitrogen and oxygen atoms in total. The lowest BCUT2D eigenvalue weighted by molar-refractivity contribution is -0.00552. The molecular formula is C12H17N3O3. The summed E-state index contributed by atoms with van der Waals surface area (Å²) >= 11 is 0. The summed E-state index contributed by atoms with van der Waals surface area (Å²) in [5, 5.41) is 7.93. The van der Waals surface area contributed by atoms with E-state index in [-0.39, 0.29) is 17.9 Å². The number of rotatable bonds is 2. The summed E-state index contributed by atoms with van der Waals surface area (Å²) in [6.45, 7) is 5.60. The Balaban J connectivity index is 2.11.